The Morgan fingerprint density at radius 1 is 1.12 bits per heavy atom. The standard InChI is InChI=1S/C20H26BrN3O/c1-22-20(23-12-6-8-16-7-5-11-19(21)13-16)24-14-18(15-25)17-9-3-2-4-10-17/h2-5,7,9-11,13,18,25H,6,8,12,14-15H2,1H3,(H2,22,23,24). The van der Waals surface area contributed by atoms with Gasteiger partial charge in [0, 0.05) is 30.5 Å². The second kappa shape index (κ2) is 10.9. The summed E-state index contributed by atoms with van der Waals surface area (Å²) in [5.41, 5.74) is 2.45. The Balaban J connectivity index is 1.73. The number of guanidine groups is 1. The largest absolute Gasteiger partial charge is 0.396 e. The molecule has 0 aliphatic rings. The van der Waals surface area contributed by atoms with Crippen LogP contribution >= 0.6 is 15.9 Å². The maximum atomic E-state index is 9.62. The Hall–Kier alpha value is -1.85. The van der Waals surface area contributed by atoms with E-state index in [0.717, 1.165) is 35.4 Å². The van der Waals surface area contributed by atoms with E-state index in [1.807, 2.05) is 36.4 Å². The van der Waals surface area contributed by atoms with E-state index in [9.17, 15) is 5.11 Å². The van der Waals surface area contributed by atoms with E-state index < -0.39 is 0 Å². The predicted molar refractivity (Wildman–Crippen MR) is 108 cm³/mol. The van der Waals surface area contributed by atoms with Crippen molar-refractivity contribution in [3.63, 3.8) is 0 Å². The van der Waals surface area contributed by atoms with Crippen LogP contribution in [-0.4, -0.2) is 37.8 Å². The lowest BCUT2D eigenvalue weighted by Gasteiger charge is -2.18. The van der Waals surface area contributed by atoms with Crippen LogP contribution in [0.3, 0.4) is 0 Å². The van der Waals surface area contributed by atoms with Gasteiger partial charge in [0.15, 0.2) is 5.96 Å². The average Bonchev–Trinajstić information content (AvgIpc) is 2.65. The van der Waals surface area contributed by atoms with Crippen molar-refractivity contribution in [2.45, 2.75) is 18.8 Å². The van der Waals surface area contributed by atoms with Crippen molar-refractivity contribution < 1.29 is 5.11 Å². The van der Waals surface area contributed by atoms with Gasteiger partial charge in [-0.2, -0.15) is 0 Å². The lowest BCUT2D eigenvalue weighted by atomic mass is 10.0. The Bertz CT molecular complexity index is 661. The Morgan fingerprint density at radius 2 is 1.92 bits per heavy atom. The van der Waals surface area contributed by atoms with E-state index in [-0.39, 0.29) is 12.5 Å². The van der Waals surface area contributed by atoms with E-state index in [1.54, 1.807) is 7.05 Å². The highest BCUT2D eigenvalue weighted by Gasteiger charge is 2.10. The number of rotatable bonds is 8. The molecule has 2 aromatic rings. The summed E-state index contributed by atoms with van der Waals surface area (Å²) >= 11 is 3.50. The lowest BCUT2D eigenvalue weighted by molar-refractivity contribution is 0.265. The number of hydrogen-bond acceptors (Lipinski definition) is 2. The summed E-state index contributed by atoms with van der Waals surface area (Å²) in [6.45, 7) is 1.60. The third-order valence-corrected chi connectivity index (χ3v) is 4.55. The van der Waals surface area contributed by atoms with Gasteiger partial charge in [0.25, 0.3) is 0 Å². The van der Waals surface area contributed by atoms with Gasteiger partial charge in [0.2, 0.25) is 0 Å². The van der Waals surface area contributed by atoms with E-state index in [0.29, 0.717) is 6.54 Å². The summed E-state index contributed by atoms with van der Waals surface area (Å²) < 4.78 is 1.12. The molecule has 0 saturated carbocycles. The number of hydrogen-bond donors (Lipinski definition) is 3. The fraction of sp³-hybridized carbons (Fsp3) is 0.350. The molecule has 0 heterocycles. The molecule has 0 aliphatic heterocycles. The van der Waals surface area contributed by atoms with Gasteiger partial charge in [-0.1, -0.05) is 58.4 Å². The number of nitrogens with zero attached hydrogens (tertiary/aromatic N) is 1. The van der Waals surface area contributed by atoms with Gasteiger partial charge < -0.3 is 15.7 Å². The molecule has 1 unspecified atom stereocenters. The smallest absolute Gasteiger partial charge is 0.190 e. The highest BCUT2D eigenvalue weighted by molar-refractivity contribution is 9.10. The molecular formula is C20H26BrN3O. The maximum absolute atomic E-state index is 9.62. The molecule has 0 bridgehead atoms. The third-order valence-electron chi connectivity index (χ3n) is 4.05. The summed E-state index contributed by atoms with van der Waals surface area (Å²) in [5.74, 6) is 0.824. The van der Waals surface area contributed by atoms with Crippen LogP contribution < -0.4 is 10.6 Å². The first-order valence-electron chi connectivity index (χ1n) is 8.57. The third kappa shape index (κ3) is 6.88. The summed E-state index contributed by atoms with van der Waals surface area (Å²) in [6.07, 6.45) is 2.05. The summed E-state index contributed by atoms with van der Waals surface area (Å²) in [4.78, 5) is 4.25. The highest BCUT2D eigenvalue weighted by Crippen LogP contribution is 2.14. The van der Waals surface area contributed by atoms with Crippen molar-refractivity contribution in [2.75, 3.05) is 26.7 Å². The molecule has 0 aromatic heterocycles. The summed E-state index contributed by atoms with van der Waals surface area (Å²) in [5, 5.41) is 16.3. The van der Waals surface area contributed by atoms with Crippen molar-refractivity contribution >= 4 is 21.9 Å². The molecule has 0 fully saturated rings. The zero-order chi connectivity index (χ0) is 17.9. The number of aliphatic hydroxyl groups is 1. The van der Waals surface area contributed by atoms with Crippen molar-refractivity contribution in [3.8, 4) is 0 Å². The van der Waals surface area contributed by atoms with E-state index in [4.69, 9.17) is 0 Å². The molecule has 0 saturated heterocycles. The molecule has 3 N–H and O–H groups in total. The quantitative estimate of drug-likeness (QED) is 0.360. The number of benzene rings is 2. The van der Waals surface area contributed by atoms with Crippen LogP contribution in [0.1, 0.15) is 23.5 Å². The number of halogens is 1. The maximum Gasteiger partial charge on any atom is 0.190 e. The number of aliphatic imine (C=N–C) groups is 1. The van der Waals surface area contributed by atoms with Crippen LogP contribution in [0.2, 0.25) is 0 Å². The summed E-state index contributed by atoms with van der Waals surface area (Å²) in [6, 6.07) is 18.4. The van der Waals surface area contributed by atoms with Crippen molar-refractivity contribution in [1.29, 1.82) is 0 Å². The zero-order valence-corrected chi connectivity index (χ0v) is 16.2. The number of aryl methyl sites for hydroxylation is 1. The number of aliphatic hydroxyl groups excluding tert-OH is 1. The first kappa shape index (κ1) is 19.5. The van der Waals surface area contributed by atoms with Crippen LogP contribution in [0.25, 0.3) is 0 Å². The minimum atomic E-state index is 0.0569. The van der Waals surface area contributed by atoms with Gasteiger partial charge in [-0.25, -0.2) is 0 Å². The minimum Gasteiger partial charge on any atom is -0.396 e. The van der Waals surface area contributed by atoms with Crippen LogP contribution in [0.4, 0.5) is 0 Å². The molecule has 0 spiro atoms. The predicted octanol–water partition coefficient (Wildman–Crippen LogP) is 3.32. The number of nitrogens with one attached hydrogen (secondary N) is 2. The molecule has 25 heavy (non-hydrogen) atoms. The second-order valence-corrected chi connectivity index (χ2v) is 6.82. The summed E-state index contributed by atoms with van der Waals surface area (Å²) in [7, 11) is 1.76. The molecule has 1 atom stereocenters. The average molecular weight is 404 g/mol. The normalized spacial score (nSPS) is 12.7. The fourth-order valence-electron chi connectivity index (χ4n) is 2.65. The lowest BCUT2D eigenvalue weighted by Crippen LogP contribution is -2.40. The first-order chi connectivity index (χ1) is 12.2. The fourth-order valence-corrected chi connectivity index (χ4v) is 3.09. The molecule has 4 nitrogen and oxygen atoms in total. The Morgan fingerprint density at radius 3 is 2.60 bits per heavy atom. The van der Waals surface area contributed by atoms with Gasteiger partial charge >= 0.3 is 0 Å². The van der Waals surface area contributed by atoms with Crippen molar-refractivity contribution in [3.05, 3.63) is 70.2 Å². The van der Waals surface area contributed by atoms with Crippen molar-refractivity contribution in [2.24, 2.45) is 4.99 Å². The molecule has 2 aromatic carbocycles. The molecule has 134 valence electrons. The highest BCUT2D eigenvalue weighted by atomic mass is 79.9. The van der Waals surface area contributed by atoms with Gasteiger partial charge in [0.1, 0.15) is 0 Å². The first-order valence-corrected chi connectivity index (χ1v) is 9.37. The molecule has 5 heteroatoms. The van der Waals surface area contributed by atoms with E-state index >= 15 is 0 Å². The van der Waals surface area contributed by atoms with Gasteiger partial charge in [-0.3, -0.25) is 4.99 Å². The molecular weight excluding hydrogens is 378 g/mol. The van der Waals surface area contributed by atoms with E-state index in [1.165, 1.54) is 5.56 Å². The van der Waals surface area contributed by atoms with Gasteiger partial charge in [-0.05, 0) is 36.1 Å². The topological polar surface area (TPSA) is 56.7 Å². The SMILES string of the molecule is CN=C(NCCCc1cccc(Br)c1)NCC(CO)c1ccccc1. The zero-order valence-electron chi connectivity index (χ0n) is 14.6. The minimum absolute atomic E-state index is 0.0569. The monoisotopic (exact) mass is 403 g/mol. The Labute approximate surface area is 158 Å². The van der Waals surface area contributed by atoms with Crippen molar-refractivity contribution in [1.82, 2.24) is 10.6 Å². The van der Waals surface area contributed by atoms with E-state index in [2.05, 4.69) is 49.8 Å². The Kier molecular flexibility index (Phi) is 8.49. The molecule has 2 rings (SSSR count). The molecule has 0 aliphatic carbocycles. The van der Waals surface area contributed by atoms with Crippen LogP contribution in [0.15, 0.2) is 64.1 Å². The second-order valence-electron chi connectivity index (χ2n) is 5.90. The van der Waals surface area contributed by atoms with Crippen LogP contribution in [0, 0.1) is 0 Å². The van der Waals surface area contributed by atoms with Gasteiger partial charge in [0.05, 0.1) is 6.61 Å². The molecule has 0 radical (unpaired) electrons. The van der Waals surface area contributed by atoms with Crippen LogP contribution in [0.5, 0.6) is 0 Å². The molecule has 0 amide bonds. The van der Waals surface area contributed by atoms with Gasteiger partial charge in [-0.15, -0.1) is 0 Å². The van der Waals surface area contributed by atoms with Crippen LogP contribution in [-0.2, 0) is 6.42 Å².